The third-order valence-electron chi connectivity index (χ3n) is 4.76. The third kappa shape index (κ3) is 3.25. The van der Waals surface area contributed by atoms with Gasteiger partial charge in [-0.05, 0) is 35.4 Å². The number of thioether (sulfide) groups is 1. The van der Waals surface area contributed by atoms with E-state index in [0.717, 1.165) is 22.4 Å². The Labute approximate surface area is 166 Å². The van der Waals surface area contributed by atoms with Crippen LogP contribution in [0.4, 0.5) is 0 Å². The number of benzene rings is 1. The number of ether oxygens (including phenoxy) is 2. The third-order valence-corrected chi connectivity index (χ3v) is 6.06. The molecule has 2 atom stereocenters. The van der Waals surface area contributed by atoms with Crippen LogP contribution in [0.5, 0.6) is 5.75 Å². The van der Waals surface area contributed by atoms with Crippen molar-refractivity contribution in [1.29, 1.82) is 0 Å². The van der Waals surface area contributed by atoms with Crippen molar-refractivity contribution in [3.05, 3.63) is 65.6 Å². The number of carbonyl (C=O) groups excluding carboxylic acids is 2. The number of esters is 1. The molecule has 0 saturated carbocycles. The van der Waals surface area contributed by atoms with Crippen LogP contribution in [0.3, 0.4) is 0 Å². The minimum atomic E-state index is -0.589. The molecule has 1 amide bonds. The molecule has 2 aliphatic rings. The summed E-state index contributed by atoms with van der Waals surface area (Å²) in [6.07, 6.45) is 3.31. The highest BCUT2D eigenvalue weighted by molar-refractivity contribution is 8.00. The molecule has 0 bridgehead atoms. The molecule has 1 aromatic heterocycles. The van der Waals surface area contributed by atoms with E-state index in [1.54, 1.807) is 43.4 Å². The maximum atomic E-state index is 13.0. The highest BCUT2D eigenvalue weighted by atomic mass is 32.2. The van der Waals surface area contributed by atoms with E-state index in [9.17, 15) is 9.59 Å². The number of amides is 1. The van der Waals surface area contributed by atoms with Crippen molar-refractivity contribution in [2.75, 3.05) is 12.9 Å². The Balaban J connectivity index is 1.60. The predicted molar refractivity (Wildman–Crippen MR) is 105 cm³/mol. The average molecular weight is 397 g/mol. The molecule has 2 aromatic rings. The van der Waals surface area contributed by atoms with E-state index in [4.69, 9.17) is 15.2 Å². The van der Waals surface area contributed by atoms with E-state index >= 15 is 0 Å². The smallest absolute Gasteiger partial charge is 0.355 e. The van der Waals surface area contributed by atoms with Crippen molar-refractivity contribution in [3.8, 4) is 5.75 Å². The van der Waals surface area contributed by atoms with Gasteiger partial charge in [0.25, 0.3) is 0 Å². The zero-order valence-electron chi connectivity index (χ0n) is 15.2. The van der Waals surface area contributed by atoms with Gasteiger partial charge in [0.2, 0.25) is 5.91 Å². The highest BCUT2D eigenvalue weighted by Crippen LogP contribution is 2.42. The van der Waals surface area contributed by atoms with Gasteiger partial charge in [0.15, 0.2) is 0 Å². The van der Waals surface area contributed by atoms with E-state index in [2.05, 4.69) is 4.98 Å². The van der Waals surface area contributed by atoms with Gasteiger partial charge in [-0.1, -0.05) is 12.1 Å². The summed E-state index contributed by atoms with van der Waals surface area (Å²) in [5, 5.41) is -0.235. The number of carbonyl (C=O) groups is 2. The molecule has 0 aliphatic carbocycles. The van der Waals surface area contributed by atoms with E-state index in [1.165, 1.54) is 4.90 Å². The van der Waals surface area contributed by atoms with Gasteiger partial charge in [-0.15, -0.1) is 11.8 Å². The lowest BCUT2D eigenvalue weighted by Gasteiger charge is -2.48. The number of pyridine rings is 1. The number of methoxy groups -OCH3 is 1. The van der Waals surface area contributed by atoms with Crippen LogP contribution in [0, 0.1) is 0 Å². The highest BCUT2D eigenvalue weighted by Gasteiger charge is 2.52. The van der Waals surface area contributed by atoms with Gasteiger partial charge >= 0.3 is 5.97 Å². The van der Waals surface area contributed by atoms with Gasteiger partial charge in [0, 0.05) is 23.7 Å². The fourth-order valence-electron chi connectivity index (χ4n) is 3.22. The molecule has 1 aromatic carbocycles. The Bertz CT molecular complexity index is 930. The maximum Gasteiger partial charge on any atom is 0.355 e. The number of nitrogens with two attached hydrogens (primary N) is 1. The Kier molecular flexibility index (Phi) is 5.06. The lowest BCUT2D eigenvalue weighted by molar-refractivity contribution is -0.151. The van der Waals surface area contributed by atoms with Crippen LogP contribution < -0.4 is 10.5 Å². The lowest BCUT2D eigenvalue weighted by Crippen LogP contribution is -2.68. The molecule has 2 aliphatic heterocycles. The molecule has 4 rings (SSSR count). The number of hydrogen-bond donors (Lipinski definition) is 1. The number of fused-ring (bicyclic) bond motifs is 1. The summed E-state index contributed by atoms with van der Waals surface area (Å²) in [4.78, 5) is 30.8. The number of rotatable bonds is 5. The largest absolute Gasteiger partial charge is 0.497 e. The molecule has 2 N–H and O–H groups in total. The van der Waals surface area contributed by atoms with E-state index < -0.39 is 12.0 Å². The van der Waals surface area contributed by atoms with E-state index in [0.29, 0.717) is 5.75 Å². The van der Waals surface area contributed by atoms with Gasteiger partial charge < -0.3 is 15.2 Å². The zero-order chi connectivity index (χ0) is 19.7. The number of nitrogens with zero attached hydrogens (tertiary/aromatic N) is 2. The van der Waals surface area contributed by atoms with Crippen molar-refractivity contribution in [1.82, 2.24) is 9.88 Å². The topological polar surface area (TPSA) is 94.7 Å². The first-order valence-corrected chi connectivity index (χ1v) is 9.79. The molecular formula is C20H19N3O4S. The normalized spacial score (nSPS) is 21.1. The van der Waals surface area contributed by atoms with Crippen LogP contribution in [-0.2, 0) is 20.9 Å². The summed E-state index contributed by atoms with van der Waals surface area (Å²) < 4.78 is 10.7. The fraction of sp³-hybridized carbons (Fsp3) is 0.250. The molecular weight excluding hydrogens is 378 g/mol. The van der Waals surface area contributed by atoms with Crippen molar-refractivity contribution < 1.29 is 19.1 Å². The van der Waals surface area contributed by atoms with Crippen LogP contribution in [0.1, 0.15) is 11.1 Å². The first-order chi connectivity index (χ1) is 13.6. The van der Waals surface area contributed by atoms with Crippen LogP contribution in [-0.4, -0.2) is 46.0 Å². The van der Waals surface area contributed by atoms with Crippen molar-refractivity contribution in [2.24, 2.45) is 5.73 Å². The second-order valence-electron chi connectivity index (χ2n) is 6.42. The molecule has 1 saturated heterocycles. The summed E-state index contributed by atoms with van der Waals surface area (Å²) in [5.41, 5.74) is 8.60. The number of aromatic nitrogens is 1. The lowest BCUT2D eigenvalue weighted by atomic mass is 10.00. The average Bonchev–Trinajstić information content (AvgIpc) is 2.76. The fourth-order valence-corrected chi connectivity index (χ4v) is 4.54. The molecule has 3 heterocycles. The zero-order valence-corrected chi connectivity index (χ0v) is 16.0. The monoisotopic (exact) mass is 397 g/mol. The van der Waals surface area contributed by atoms with Gasteiger partial charge in [0.05, 0.1) is 7.11 Å². The van der Waals surface area contributed by atoms with Crippen LogP contribution in [0.2, 0.25) is 0 Å². The Morgan fingerprint density at radius 1 is 1.25 bits per heavy atom. The number of hydrogen-bond acceptors (Lipinski definition) is 7. The van der Waals surface area contributed by atoms with Gasteiger partial charge in [0.1, 0.15) is 29.5 Å². The molecule has 0 unspecified atom stereocenters. The minimum Gasteiger partial charge on any atom is -0.497 e. The van der Waals surface area contributed by atoms with Crippen LogP contribution >= 0.6 is 11.8 Å². The van der Waals surface area contributed by atoms with Crippen LogP contribution in [0.25, 0.3) is 5.57 Å². The summed E-state index contributed by atoms with van der Waals surface area (Å²) >= 11 is 1.55. The Hall–Kier alpha value is -2.84. The first kappa shape index (κ1) is 18.5. The van der Waals surface area contributed by atoms with Gasteiger partial charge in [-0.2, -0.15) is 0 Å². The molecule has 0 radical (unpaired) electrons. The standard InChI is InChI=1S/C20H19N3O4S/c1-26-14-4-2-12(3-5-14)10-27-20(25)17-15(13-6-8-22-9-7-13)11-28-19-16(21)18(24)23(17)19/h2-9,16,19H,10-11,21H2,1H3/t16-,19+/m0/s1. The minimum absolute atomic E-state index is 0.0991. The molecule has 28 heavy (non-hydrogen) atoms. The molecule has 7 nitrogen and oxygen atoms in total. The van der Waals surface area contributed by atoms with Crippen LogP contribution in [0.15, 0.2) is 54.5 Å². The van der Waals surface area contributed by atoms with Crippen molar-refractivity contribution in [3.63, 3.8) is 0 Å². The predicted octanol–water partition coefficient (Wildman–Crippen LogP) is 1.79. The van der Waals surface area contributed by atoms with Crippen molar-refractivity contribution >= 4 is 29.2 Å². The SMILES string of the molecule is COc1ccc(COC(=O)C2=C(c3ccncc3)CS[C@@H]3[C@@H](N)C(=O)N23)cc1. The Morgan fingerprint density at radius 3 is 2.64 bits per heavy atom. The second kappa shape index (κ2) is 7.65. The summed E-state index contributed by atoms with van der Waals surface area (Å²) in [6.45, 7) is 0.0991. The maximum absolute atomic E-state index is 13.0. The summed E-state index contributed by atoms with van der Waals surface area (Å²) in [5.74, 6) is 0.498. The van der Waals surface area contributed by atoms with Crippen molar-refractivity contribution in [2.45, 2.75) is 18.0 Å². The molecule has 0 spiro atoms. The Morgan fingerprint density at radius 2 is 1.96 bits per heavy atom. The number of β-lactam (4-membered cyclic amide) rings is 1. The molecule has 144 valence electrons. The van der Waals surface area contributed by atoms with Gasteiger partial charge in [-0.3, -0.25) is 14.7 Å². The summed E-state index contributed by atoms with van der Waals surface area (Å²) in [6, 6.07) is 10.3. The van der Waals surface area contributed by atoms with Gasteiger partial charge in [-0.25, -0.2) is 4.79 Å². The molecule has 1 fully saturated rings. The first-order valence-electron chi connectivity index (χ1n) is 8.74. The van der Waals surface area contributed by atoms with E-state index in [-0.39, 0.29) is 23.6 Å². The second-order valence-corrected chi connectivity index (χ2v) is 7.53. The quantitative estimate of drug-likeness (QED) is 0.607. The molecule has 8 heteroatoms. The van der Waals surface area contributed by atoms with E-state index in [1.807, 2.05) is 24.3 Å². The summed E-state index contributed by atoms with van der Waals surface area (Å²) in [7, 11) is 1.59.